The number of rotatable bonds is 2. The van der Waals surface area contributed by atoms with Gasteiger partial charge in [-0.1, -0.05) is 0 Å². The normalized spacial score (nSPS) is 22.5. The summed E-state index contributed by atoms with van der Waals surface area (Å²) in [6.45, 7) is 2.71. The maximum Gasteiger partial charge on any atom is 0.274 e. The Morgan fingerprint density at radius 2 is 1.46 bits per heavy atom. The topological polar surface area (TPSA) is 79.3 Å². The number of fused-ring (bicyclic) bond motifs is 1. The lowest BCUT2D eigenvalue weighted by molar-refractivity contribution is 0.0735. The predicted octanol–water partition coefficient (Wildman–Crippen LogP) is 0.716. The zero-order chi connectivity index (χ0) is 16.5. The average molecular weight is 323 g/mol. The van der Waals surface area contributed by atoms with Gasteiger partial charge in [0.15, 0.2) is 0 Å². The number of aromatic nitrogens is 3. The van der Waals surface area contributed by atoms with Gasteiger partial charge in [-0.3, -0.25) is 19.6 Å². The first-order valence-corrected chi connectivity index (χ1v) is 7.97. The maximum absolute atomic E-state index is 12.5. The van der Waals surface area contributed by atoms with E-state index >= 15 is 0 Å². The van der Waals surface area contributed by atoms with Crippen LogP contribution in [0.1, 0.15) is 20.8 Å². The summed E-state index contributed by atoms with van der Waals surface area (Å²) in [6.07, 6.45) is 7.84. The molecule has 2 aliphatic heterocycles. The molecule has 2 aliphatic rings. The fourth-order valence-electron chi connectivity index (χ4n) is 3.57. The Balaban J connectivity index is 1.40. The molecule has 4 rings (SSSR count). The summed E-state index contributed by atoms with van der Waals surface area (Å²) in [7, 11) is 0. The standard InChI is InChI=1S/C17H17N5O2/c23-16(12-1-3-18-4-2-12)21-8-13-10-22(11-14(13)9-21)17(24)15-7-19-5-6-20-15/h1-7,13-14H,8-11H2/t13-,14+. The fourth-order valence-corrected chi connectivity index (χ4v) is 3.57. The summed E-state index contributed by atoms with van der Waals surface area (Å²) in [5.41, 5.74) is 1.04. The van der Waals surface area contributed by atoms with Gasteiger partial charge >= 0.3 is 0 Å². The van der Waals surface area contributed by atoms with Crippen LogP contribution >= 0.6 is 0 Å². The molecule has 0 radical (unpaired) electrons. The van der Waals surface area contributed by atoms with Crippen LogP contribution in [0.5, 0.6) is 0 Å². The Labute approximate surface area is 139 Å². The molecule has 0 unspecified atom stereocenters. The first kappa shape index (κ1) is 14.7. The predicted molar refractivity (Wildman–Crippen MR) is 85.1 cm³/mol. The Morgan fingerprint density at radius 1 is 0.833 bits per heavy atom. The molecule has 7 heteroatoms. The molecular formula is C17H17N5O2. The second-order valence-corrected chi connectivity index (χ2v) is 6.27. The van der Waals surface area contributed by atoms with Gasteiger partial charge in [0.2, 0.25) is 0 Å². The molecule has 0 spiro atoms. The van der Waals surface area contributed by atoms with Crippen molar-refractivity contribution in [3.63, 3.8) is 0 Å². The second kappa shape index (κ2) is 5.99. The number of hydrogen-bond donors (Lipinski definition) is 0. The molecule has 0 saturated carbocycles. The molecule has 0 N–H and O–H groups in total. The molecule has 2 aromatic rings. The lowest BCUT2D eigenvalue weighted by Gasteiger charge is -2.21. The van der Waals surface area contributed by atoms with Gasteiger partial charge in [-0.2, -0.15) is 0 Å². The van der Waals surface area contributed by atoms with Crippen LogP contribution in [-0.4, -0.2) is 62.7 Å². The minimum Gasteiger partial charge on any atom is -0.338 e. The van der Waals surface area contributed by atoms with Gasteiger partial charge in [-0.25, -0.2) is 4.98 Å². The van der Waals surface area contributed by atoms with Crippen LogP contribution in [0.15, 0.2) is 43.1 Å². The molecule has 4 heterocycles. The highest BCUT2D eigenvalue weighted by molar-refractivity contribution is 5.94. The Hall–Kier alpha value is -2.83. The van der Waals surface area contributed by atoms with Crippen molar-refractivity contribution in [1.82, 2.24) is 24.8 Å². The molecule has 7 nitrogen and oxygen atoms in total. The molecule has 24 heavy (non-hydrogen) atoms. The molecule has 2 aromatic heterocycles. The fraction of sp³-hybridized carbons (Fsp3) is 0.353. The molecule has 0 bridgehead atoms. The molecule has 2 saturated heterocycles. The minimum absolute atomic E-state index is 0.0404. The van der Waals surface area contributed by atoms with Gasteiger partial charge in [0, 0.05) is 68.4 Å². The van der Waals surface area contributed by atoms with E-state index in [1.807, 2.05) is 9.80 Å². The highest BCUT2D eigenvalue weighted by Crippen LogP contribution is 2.32. The van der Waals surface area contributed by atoms with Crippen molar-refractivity contribution in [3.8, 4) is 0 Å². The third-order valence-corrected chi connectivity index (χ3v) is 4.77. The van der Waals surface area contributed by atoms with E-state index in [4.69, 9.17) is 0 Å². The highest BCUT2D eigenvalue weighted by atomic mass is 16.2. The first-order valence-electron chi connectivity index (χ1n) is 7.97. The molecule has 2 atom stereocenters. The summed E-state index contributed by atoms with van der Waals surface area (Å²) >= 11 is 0. The van der Waals surface area contributed by atoms with E-state index in [0.717, 1.165) is 0 Å². The van der Waals surface area contributed by atoms with Crippen molar-refractivity contribution in [3.05, 3.63) is 54.4 Å². The number of hydrogen-bond acceptors (Lipinski definition) is 5. The summed E-state index contributed by atoms with van der Waals surface area (Å²) < 4.78 is 0. The van der Waals surface area contributed by atoms with Crippen LogP contribution in [0.25, 0.3) is 0 Å². The van der Waals surface area contributed by atoms with E-state index in [1.54, 1.807) is 30.7 Å². The van der Waals surface area contributed by atoms with Crippen LogP contribution in [0.4, 0.5) is 0 Å². The van der Waals surface area contributed by atoms with Crippen LogP contribution in [0, 0.1) is 11.8 Å². The minimum atomic E-state index is -0.0792. The van der Waals surface area contributed by atoms with Crippen LogP contribution < -0.4 is 0 Å². The van der Waals surface area contributed by atoms with E-state index in [2.05, 4.69) is 15.0 Å². The monoisotopic (exact) mass is 323 g/mol. The average Bonchev–Trinajstić information content (AvgIpc) is 3.21. The van der Waals surface area contributed by atoms with E-state index in [9.17, 15) is 9.59 Å². The third kappa shape index (κ3) is 2.62. The summed E-state index contributed by atoms with van der Waals surface area (Å²) in [6, 6.07) is 3.47. The first-order chi connectivity index (χ1) is 11.7. The van der Waals surface area contributed by atoms with Crippen molar-refractivity contribution < 1.29 is 9.59 Å². The molecule has 0 aromatic carbocycles. The number of pyridine rings is 1. The largest absolute Gasteiger partial charge is 0.338 e. The lowest BCUT2D eigenvalue weighted by atomic mass is 10.0. The van der Waals surface area contributed by atoms with Crippen LogP contribution in [0.2, 0.25) is 0 Å². The van der Waals surface area contributed by atoms with E-state index < -0.39 is 0 Å². The van der Waals surface area contributed by atoms with Crippen LogP contribution in [-0.2, 0) is 0 Å². The van der Waals surface area contributed by atoms with Gasteiger partial charge in [0.25, 0.3) is 11.8 Å². The molecule has 122 valence electrons. The van der Waals surface area contributed by atoms with Crippen LogP contribution in [0.3, 0.4) is 0 Å². The van der Waals surface area contributed by atoms with Gasteiger partial charge in [-0.15, -0.1) is 0 Å². The quantitative estimate of drug-likeness (QED) is 0.813. The van der Waals surface area contributed by atoms with Gasteiger partial charge in [-0.05, 0) is 12.1 Å². The Kier molecular flexibility index (Phi) is 3.68. The van der Waals surface area contributed by atoms with E-state index in [-0.39, 0.29) is 11.8 Å². The van der Waals surface area contributed by atoms with Crippen molar-refractivity contribution in [1.29, 1.82) is 0 Å². The van der Waals surface area contributed by atoms with Crippen molar-refractivity contribution >= 4 is 11.8 Å². The van der Waals surface area contributed by atoms with Gasteiger partial charge in [0.05, 0.1) is 6.20 Å². The smallest absolute Gasteiger partial charge is 0.274 e. The number of amides is 2. The van der Waals surface area contributed by atoms with Crippen molar-refractivity contribution in [2.24, 2.45) is 11.8 Å². The van der Waals surface area contributed by atoms with E-state index in [0.29, 0.717) is 49.3 Å². The van der Waals surface area contributed by atoms with E-state index in [1.165, 1.54) is 12.4 Å². The molecule has 2 fully saturated rings. The molecule has 0 aliphatic carbocycles. The maximum atomic E-state index is 12.5. The number of carbonyl (C=O) groups is 2. The van der Waals surface area contributed by atoms with Gasteiger partial charge in [0.1, 0.15) is 5.69 Å². The number of nitrogens with zero attached hydrogens (tertiary/aromatic N) is 5. The summed E-state index contributed by atoms with van der Waals surface area (Å²) in [5.74, 6) is 0.621. The summed E-state index contributed by atoms with van der Waals surface area (Å²) in [4.78, 5) is 40.6. The molecule has 2 amide bonds. The third-order valence-electron chi connectivity index (χ3n) is 4.77. The summed E-state index contributed by atoms with van der Waals surface area (Å²) in [5, 5.41) is 0. The van der Waals surface area contributed by atoms with Crippen molar-refractivity contribution in [2.75, 3.05) is 26.2 Å². The lowest BCUT2D eigenvalue weighted by Crippen LogP contribution is -2.36. The van der Waals surface area contributed by atoms with Gasteiger partial charge < -0.3 is 9.80 Å². The zero-order valence-electron chi connectivity index (χ0n) is 13.1. The Morgan fingerprint density at radius 3 is 2.04 bits per heavy atom. The number of likely N-dealkylation sites (tertiary alicyclic amines) is 2. The zero-order valence-corrected chi connectivity index (χ0v) is 13.1. The Bertz CT molecular complexity index is 675. The SMILES string of the molecule is O=C(c1ccncc1)N1C[C@@H]2CN(C(=O)c3cnccn3)C[C@@H]2C1. The second-order valence-electron chi connectivity index (χ2n) is 6.27. The van der Waals surface area contributed by atoms with Crippen molar-refractivity contribution in [2.45, 2.75) is 0 Å². The highest BCUT2D eigenvalue weighted by Gasteiger charge is 2.43. The number of carbonyl (C=O) groups excluding carboxylic acids is 2. The molecular weight excluding hydrogens is 306 g/mol.